The van der Waals surface area contributed by atoms with Crippen LogP contribution in [0.15, 0.2) is 42.9 Å². The fourth-order valence-electron chi connectivity index (χ4n) is 3.30. The van der Waals surface area contributed by atoms with Crippen molar-refractivity contribution in [3.05, 3.63) is 48.4 Å². The Hall–Kier alpha value is -2.93. The van der Waals surface area contributed by atoms with E-state index in [2.05, 4.69) is 37.5 Å². The Labute approximate surface area is 151 Å². The van der Waals surface area contributed by atoms with Gasteiger partial charge in [0, 0.05) is 42.6 Å². The third kappa shape index (κ3) is 3.39. The Bertz CT molecular complexity index is 902. The van der Waals surface area contributed by atoms with Gasteiger partial charge in [0.15, 0.2) is 0 Å². The minimum atomic E-state index is -0.151. The zero-order valence-corrected chi connectivity index (χ0v) is 14.7. The highest BCUT2D eigenvalue weighted by Crippen LogP contribution is 2.20. The topological polar surface area (TPSA) is 85.9 Å². The number of aromatic amines is 1. The van der Waals surface area contributed by atoms with E-state index in [0.717, 1.165) is 48.5 Å². The third-order valence-corrected chi connectivity index (χ3v) is 4.86. The van der Waals surface area contributed by atoms with E-state index in [-0.39, 0.29) is 5.91 Å². The van der Waals surface area contributed by atoms with Crippen LogP contribution in [-0.4, -0.2) is 47.0 Å². The first-order valence-electron chi connectivity index (χ1n) is 8.85. The monoisotopic (exact) mass is 350 g/mol. The van der Waals surface area contributed by atoms with Crippen LogP contribution < -0.4 is 15.5 Å². The van der Waals surface area contributed by atoms with Gasteiger partial charge in [-0.15, -0.1) is 0 Å². The molecule has 3 aromatic rings. The Morgan fingerprint density at radius 3 is 2.88 bits per heavy atom. The van der Waals surface area contributed by atoms with Crippen LogP contribution in [0.4, 0.5) is 11.6 Å². The molecule has 0 unspecified atom stereocenters. The zero-order valence-electron chi connectivity index (χ0n) is 14.7. The van der Waals surface area contributed by atoms with E-state index in [1.165, 1.54) is 0 Å². The normalized spacial score (nSPS) is 15.1. The van der Waals surface area contributed by atoms with Crippen molar-refractivity contribution in [3.63, 3.8) is 0 Å². The third-order valence-electron chi connectivity index (χ3n) is 4.86. The molecule has 1 fully saturated rings. The van der Waals surface area contributed by atoms with Crippen molar-refractivity contribution >= 4 is 28.4 Å². The molecule has 1 aromatic carbocycles. The lowest BCUT2D eigenvalue weighted by Crippen LogP contribution is -2.41. The number of carbonyl (C=O) groups is 1. The van der Waals surface area contributed by atoms with E-state index >= 15 is 0 Å². The maximum absolute atomic E-state index is 12.4. The van der Waals surface area contributed by atoms with Gasteiger partial charge < -0.3 is 20.5 Å². The van der Waals surface area contributed by atoms with Crippen LogP contribution in [0.3, 0.4) is 0 Å². The van der Waals surface area contributed by atoms with E-state index in [4.69, 9.17) is 0 Å². The number of amides is 1. The predicted molar refractivity (Wildman–Crippen MR) is 103 cm³/mol. The summed E-state index contributed by atoms with van der Waals surface area (Å²) >= 11 is 0. The van der Waals surface area contributed by atoms with Gasteiger partial charge in [-0.1, -0.05) is 0 Å². The SMILES string of the molecule is CN(c1ncc2cc(C(=O)Nc3cc[nH]c3)ccc2n1)C1CCNCC1. The molecule has 0 aliphatic carbocycles. The number of nitrogens with zero attached hydrogens (tertiary/aromatic N) is 3. The number of anilines is 2. The molecule has 7 nitrogen and oxygen atoms in total. The van der Waals surface area contributed by atoms with Crippen molar-refractivity contribution in [2.24, 2.45) is 0 Å². The molecule has 1 saturated heterocycles. The second-order valence-electron chi connectivity index (χ2n) is 6.59. The van der Waals surface area contributed by atoms with E-state index in [1.54, 1.807) is 24.7 Å². The molecule has 4 rings (SSSR count). The summed E-state index contributed by atoms with van der Waals surface area (Å²) in [5, 5.41) is 7.08. The van der Waals surface area contributed by atoms with Gasteiger partial charge in [-0.3, -0.25) is 4.79 Å². The number of nitrogens with one attached hydrogen (secondary N) is 3. The summed E-state index contributed by atoms with van der Waals surface area (Å²) in [5.41, 5.74) is 2.17. The highest BCUT2D eigenvalue weighted by Gasteiger charge is 2.20. The quantitative estimate of drug-likeness (QED) is 0.673. The van der Waals surface area contributed by atoms with Gasteiger partial charge in [0.25, 0.3) is 5.91 Å². The largest absolute Gasteiger partial charge is 0.366 e. The molecule has 26 heavy (non-hydrogen) atoms. The van der Waals surface area contributed by atoms with Crippen LogP contribution in [0.5, 0.6) is 0 Å². The smallest absolute Gasteiger partial charge is 0.255 e. The van der Waals surface area contributed by atoms with Crippen molar-refractivity contribution in [1.82, 2.24) is 20.3 Å². The van der Waals surface area contributed by atoms with E-state index in [9.17, 15) is 4.79 Å². The Balaban J connectivity index is 1.55. The Morgan fingerprint density at radius 2 is 2.12 bits per heavy atom. The standard InChI is InChI=1S/C19H22N6O/c1-25(16-5-8-20-9-6-16)19-22-11-14-10-13(2-3-17(14)24-19)18(26)23-15-4-7-21-12-15/h2-4,7,10-12,16,20-21H,5-6,8-9H2,1H3,(H,23,26). The number of aromatic nitrogens is 3. The average Bonchev–Trinajstić information content (AvgIpc) is 3.20. The van der Waals surface area contributed by atoms with Crippen molar-refractivity contribution in [2.45, 2.75) is 18.9 Å². The Kier molecular flexibility index (Phi) is 4.53. The molecule has 1 aliphatic rings. The maximum atomic E-state index is 12.4. The molecule has 0 saturated carbocycles. The van der Waals surface area contributed by atoms with E-state index in [0.29, 0.717) is 11.6 Å². The number of H-pyrrole nitrogens is 1. The number of benzene rings is 1. The van der Waals surface area contributed by atoms with E-state index < -0.39 is 0 Å². The molecular weight excluding hydrogens is 328 g/mol. The predicted octanol–water partition coefficient (Wildman–Crippen LogP) is 2.40. The van der Waals surface area contributed by atoms with Gasteiger partial charge >= 0.3 is 0 Å². The molecule has 0 atom stereocenters. The van der Waals surface area contributed by atoms with Crippen LogP contribution in [0.2, 0.25) is 0 Å². The van der Waals surface area contributed by atoms with Crippen LogP contribution in [-0.2, 0) is 0 Å². The summed E-state index contributed by atoms with van der Waals surface area (Å²) in [7, 11) is 2.05. The molecular formula is C19H22N6O. The molecule has 0 bridgehead atoms. The second kappa shape index (κ2) is 7.13. The summed E-state index contributed by atoms with van der Waals surface area (Å²) < 4.78 is 0. The minimum absolute atomic E-state index is 0.151. The number of hydrogen-bond donors (Lipinski definition) is 3. The lowest BCUT2D eigenvalue weighted by molar-refractivity contribution is 0.102. The second-order valence-corrected chi connectivity index (χ2v) is 6.59. The fraction of sp³-hybridized carbons (Fsp3) is 0.316. The van der Waals surface area contributed by atoms with Crippen molar-refractivity contribution in [3.8, 4) is 0 Å². The van der Waals surface area contributed by atoms with Gasteiger partial charge in [0.1, 0.15) is 0 Å². The summed E-state index contributed by atoms with van der Waals surface area (Å²) in [4.78, 5) is 26.6. The molecule has 3 N–H and O–H groups in total. The summed E-state index contributed by atoms with van der Waals surface area (Å²) in [5.74, 6) is 0.580. The molecule has 1 amide bonds. The minimum Gasteiger partial charge on any atom is -0.366 e. The summed E-state index contributed by atoms with van der Waals surface area (Å²) in [6.07, 6.45) is 7.49. The molecule has 3 heterocycles. The van der Waals surface area contributed by atoms with Gasteiger partial charge in [0.2, 0.25) is 5.95 Å². The molecule has 1 aliphatic heterocycles. The lowest BCUT2D eigenvalue weighted by Gasteiger charge is -2.31. The van der Waals surface area contributed by atoms with Crippen LogP contribution in [0.1, 0.15) is 23.2 Å². The highest BCUT2D eigenvalue weighted by molar-refractivity contribution is 6.06. The maximum Gasteiger partial charge on any atom is 0.255 e. The average molecular weight is 350 g/mol. The van der Waals surface area contributed by atoms with Crippen molar-refractivity contribution < 1.29 is 4.79 Å². The first kappa shape index (κ1) is 16.5. The van der Waals surface area contributed by atoms with Gasteiger partial charge in [-0.25, -0.2) is 9.97 Å². The van der Waals surface area contributed by atoms with Gasteiger partial charge in [-0.2, -0.15) is 0 Å². The number of rotatable bonds is 4. The number of hydrogen-bond acceptors (Lipinski definition) is 5. The first-order chi connectivity index (χ1) is 12.7. The lowest BCUT2D eigenvalue weighted by atomic mass is 10.1. The van der Waals surface area contributed by atoms with Crippen LogP contribution in [0.25, 0.3) is 10.9 Å². The van der Waals surface area contributed by atoms with Gasteiger partial charge in [0.05, 0.1) is 11.2 Å². The van der Waals surface area contributed by atoms with Gasteiger partial charge in [-0.05, 0) is 50.2 Å². The number of piperidine rings is 1. The van der Waals surface area contributed by atoms with Crippen molar-refractivity contribution in [2.75, 3.05) is 30.4 Å². The van der Waals surface area contributed by atoms with Crippen molar-refractivity contribution in [1.29, 1.82) is 0 Å². The van der Waals surface area contributed by atoms with Crippen LogP contribution >= 0.6 is 0 Å². The fourth-order valence-corrected chi connectivity index (χ4v) is 3.30. The summed E-state index contributed by atoms with van der Waals surface area (Å²) in [6.45, 7) is 2.06. The molecule has 134 valence electrons. The van der Waals surface area contributed by atoms with E-state index in [1.807, 2.05) is 18.2 Å². The molecule has 0 radical (unpaired) electrons. The molecule has 0 spiro atoms. The van der Waals surface area contributed by atoms with Crippen LogP contribution in [0, 0.1) is 0 Å². The molecule has 2 aromatic heterocycles. The zero-order chi connectivity index (χ0) is 17.9. The first-order valence-corrected chi connectivity index (χ1v) is 8.85. The summed E-state index contributed by atoms with van der Waals surface area (Å²) in [6, 6.07) is 7.77. The Morgan fingerprint density at radius 1 is 1.27 bits per heavy atom. The number of carbonyl (C=O) groups excluding carboxylic acids is 1. The highest BCUT2D eigenvalue weighted by atomic mass is 16.1. The molecule has 7 heteroatoms. The number of fused-ring (bicyclic) bond motifs is 1.